The van der Waals surface area contributed by atoms with E-state index in [0.29, 0.717) is 10.8 Å². The molecule has 0 spiro atoms. The molecule has 0 saturated heterocycles. The molecule has 3 nitrogen and oxygen atoms in total. The predicted octanol–water partition coefficient (Wildman–Crippen LogP) is 1.91. The standard InChI is InChI=1S/C13H24N2OS/c1-17-13(7-2-8-13)9-15-12(16)10-3-5-11(14)6-4-10/h10-11H,2-9,14H2,1H3,(H,15,16). The van der Waals surface area contributed by atoms with E-state index in [-0.39, 0.29) is 11.8 Å². The van der Waals surface area contributed by atoms with Crippen LogP contribution in [0, 0.1) is 5.92 Å². The zero-order valence-corrected chi connectivity index (χ0v) is 11.5. The van der Waals surface area contributed by atoms with Crippen molar-refractivity contribution in [2.45, 2.75) is 55.7 Å². The number of nitrogens with one attached hydrogen (secondary N) is 1. The van der Waals surface area contributed by atoms with Crippen molar-refractivity contribution >= 4 is 17.7 Å². The highest BCUT2D eigenvalue weighted by atomic mass is 32.2. The van der Waals surface area contributed by atoms with Gasteiger partial charge in [0.2, 0.25) is 5.91 Å². The average molecular weight is 256 g/mol. The van der Waals surface area contributed by atoms with Crippen molar-refractivity contribution in [1.29, 1.82) is 0 Å². The van der Waals surface area contributed by atoms with Gasteiger partial charge >= 0.3 is 0 Å². The summed E-state index contributed by atoms with van der Waals surface area (Å²) in [6.45, 7) is 0.857. The van der Waals surface area contributed by atoms with Gasteiger partial charge in [-0.3, -0.25) is 4.79 Å². The first kappa shape index (κ1) is 13.2. The number of nitrogens with two attached hydrogens (primary N) is 1. The number of hydrogen-bond donors (Lipinski definition) is 2. The van der Waals surface area contributed by atoms with Crippen LogP contribution in [0.25, 0.3) is 0 Å². The molecule has 0 aliphatic heterocycles. The lowest BCUT2D eigenvalue weighted by Gasteiger charge is -2.40. The lowest BCUT2D eigenvalue weighted by atomic mass is 9.83. The van der Waals surface area contributed by atoms with Gasteiger partial charge in [0.25, 0.3) is 0 Å². The van der Waals surface area contributed by atoms with Crippen molar-refractivity contribution in [1.82, 2.24) is 5.32 Å². The lowest BCUT2D eigenvalue weighted by Crippen LogP contribution is -2.47. The number of thioether (sulfide) groups is 1. The molecule has 2 saturated carbocycles. The Bertz CT molecular complexity index is 265. The van der Waals surface area contributed by atoms with Crippen molar-refractivity contribution in [3.05, 3.63) is 0 Å². The van der Waals surface area contributed by atoms with Crippen LogP contribution in [-0.2, 0) is 4.79 Å². The molecule has 0 aromatic heterocycles. The summed E-state index contributed by atoms with van der Waals surface area (Å²) in [6.07, 6.45) is 9.93. The monoisotopic (exact) mass is 256 g/mol. The molecule has 0 unspecified atom stereocenters. The summed E-state index contributed by atoms with van der Waals surface area (Å²) in [7, 11) is 0. The zero-order valence-electron chi connectivity index (χ0n) is 10.7. The molecule has 0 radical (unpaired) electrons. The molecule has 2 aliphatic carbocycles. The van der Waals surface area contributed by atoms with Gasteiger partial charge in [-0.05, 0) is 44.8 Å². The number of carbonyl (C=O) groups excluding carboxylic acids is 1. The molecule has 98 valence electrons. The molecule has 0 bridgehead atoms. The maximum atomic E-state index is 12.0. The molecule has 0 aromatic rings. The summed E-state index contributed by atoms with van der Waals surface area (Å²) >= 11 is 1.91. The first-order valence-electron chi connectivity index (χ1n) is 6.74. The number of hydrogen-bond acceptors (Lipinski definition) is 3. The number of carbonyl (C=O) groups is 1. The maximum Gasteiger partial charge on any atom is 0.223 e. The highest BCUT2D eigenvalue weighted by molar-refractivity contribution is 8.00. The van der Waals surface area contributed by atoms with Gasteiger partial charge in [-0.25, -0.2) is 0 Å². The fourth-order valence-corrected chi connectivity index (χ4v) is 3.71. The third kappa shape index (κ3) is 3.16. The second-order valence-corrected chi connectivity index (χ2v) is 6.84. The van der Waals surface area contributed by atoms with E-state index >= 15 is 0 Å². The van der Waals surface area contributed by atoms with E-state index in [0.717, 1.165) is 32.2 Å². The largest absolute Gasteiger partial charge is 0.354 e. The van der Waals surface area contributed by atoms with E-state index in [9.17, 15) is 4.79 Å². The van der Waals surface area contributed by atoms with Gasteiger partial charge in [-0.15, -0.1) is 0 Å². The van der Waals surface area contributed by atoms with Gasteiger partial charge in [0.05, 0.1) is 0 Å². The van der Waals surface area contributed by atoms with Gasteiger partial charge in [-0.2, -0.15) is 11.8 Å². The topological polar surface area (TPSA) is 55.1 Å². The fraction of sp³-hybridized carbons (Fsp3) is 0.923. The Morgan fingerprint density at radius 1 is 1.35 bits per heavy atom. The van der Waals surface area contributed by atoms with Gasteiger partial charge in [-0.1, -0.05) is 6.42 Å². The molecule has 2 fully saturated rings. The molecular weight excluding hydrogens is 232 g/mol. The molecular formula is C13H24N2OS. The minimum absolute atomic E-state index is 0.216. The van der Waals surface area contributed by atoms with E-state index in [1.54, 1.807) is 0 Å². The summed E-state index contributed by atoms with van der Waals surface area (Å²) in [5, 5.41) is 3.16. The van der Waals surface area contributed by atoms with Gasteiger partial charge in [0.1, 0.15) is 0 Å². The van der Waals surface area contributed by atoms with E-state index in [4.69, 9.17) is 5.73 Å². The summed E-state index contributed by atoms with van der Waals surface area (Å²) in [4.78, 5) is 12.0. The lowest BCUT2D eigenvalue weighted by molar-refractivity contribution is -0.126. The van der Waals surface area contributed by atoms with Crippen molar-refractivity contribution in [3.8, 4) is 0 Å². The third-order valence-corrected chi connectivity index (χ3v) is 5.84. The molecule has 2 aliphatic rings. The molecule has 4 heteroatoms. The summed E-state index contributed by atoms with van der Waals surface area (Å²) in [5.74, 6) is 0.478. The molecule has 17 heavy (non-hydrogen) atoms. The van der Waals surface area contributed by atoms with Crippen molar-refractivity contribution in [3.63, 3.8) is 0 Å². The molecule has 2 rings (SSSR count). The van der Waals surface area contributed by atoms with Crippen LogP contribution in [0.4, 0.5) is 0 Å². The second-order valence-electron chi connectivity index (χ2n) is 5.57. The Morgan fingerprint density at radius 3 is 2.47 bits per heavy atom. The van der Waals surface area contributed by atoms with Crippen LogP contribution in [-0.4, -0.2) is 29.5 Å². The Hall–Kier alpha value is -0.220. The highest BCUT2D eigenvalue weighted by Gasteiger charge is 2.37. The van der Waals surface area contributed by atoms with Gasteiger partial charge in [0, 0.05) is 23.3 Å². The Morgan fingerprint density at radius 2 is 2.00 bits per heavy atom. The third-order valence-electron chi connectivity index (χ3n) is 4.43. The SMILES string of the molecule is CSC1(CNC(=O)C2CCC(N)CC2)CCC1. The normalized spacial score (nSPS) is 31.6. The molecule has 0 atom stereocenters. The molecule has 1 amide bonds. The number of rotatable bonds is 4. The molecule has 0 aromatic carbocycles. The Labute approximate surface area is 108 Å². The van der Waals surface area contributed by atoms with Crippen LogP contribution in [0.3, 0.4) is 0 Å². The summed E-state index contributed by atoms with van der Waals surface area (Å²) in [5.41, 5.74) is 5.86. The van der Waals surface area contributed by atoms with Crippen molar-refractivity contribution in [2.24, 2.45) is 11.7 Å². The van der Waals surface area contributed by atoms with Crippen LogP contribution >= 0.6 is 11.8 Å². The predicted molar refractivity (Wildman–Crippen MR) is 73.0 cm³/mol. The highest BCUT2D eigenvalue weighted by Crippen LogP contribution is 2.42. The molecule has 3 N–H and O–H groups in total. The zero-order chi connectivity index (χ0) is 12.3. The summed E-state index contributed by atoms with van der Waals surface area (Å²) in [6, 6.07) is 0.322. The smallest absolute Gasteiger partial charge is 0.223 e. The van der Waals surface area contributed by atoms with E-state index in [2.05, 4.69) is 11.6 Å². The second kappa shape index (κ2) is 5.61. The quantitative estimate of drug-likeness (QED) is 0.808. The van der Waals surface area contributed by atoms with E-state index in [1.165, 1.54) is 19.3 Å². The first-order chi connectivity index (χ1) is 8.15. The fourth-order valence-electron chi connectivity index (χ4n) is 2.80. The van der Waals surface area contributed by atoms with Gasteiger partial charge in [0.15, 0.2) is 0 Å². The average Bonchev–Trinajstić information content (AvgIpc) is 2.29. The Balaban J connectivity index is 1.73. The minimum atomic E-state index is 0.216. The van der Waals surface area contributed by atoms with E-state index in [1.807, 2.05) is 11.8 Å². The molecule has 0 heterocycles. The van der Waals surface area contributed by atoms with Crippen LogP contribution in [0.1, 0.15) is 44.9 Å². The number of amides is 1. The van der Waals surface area contributed by atoms with Crippen LogP contribution in [0.5, 0.6) is 0 Å². The summed E-state index contributed by atoms with van der Waals surface area (Å²) < 4.78 is 0.348. The van der Waals surface area contributed by atoms with Crippen molar-refractivity contribution in [2.75, 3.05) is 12.8 Å². The van der Waals surface area contributed by atoms with Crippen LogP contribution in [0.2, 0.25) is 0 Å². The Kier molecular flexibility index (Phi) is 4.36. The van der Waals surface area contributed by atoms with E-state index < -0.39 is 0 Å². The van der Waals surface area contributed by atoms with Crippen LogP contribution in [0.15, 0.2) is 0 Å². The van der Waals surface area contributed by atoms with Crippen LogP contribution < -0.4 is 11.1 Å². The first-order valence-corrected chi connectivity index (χ1v) is 7.96. The maximum absolute atomic E-state index is 12.0. The van der Waals surface area contributed by atoms with Gasteiger partial charge < -0.3 is 11.1 Å². The minimum Gasteiger partial charge on any atom is -0.354 e. The van der Waals surface area contributed by atoms with Crippen molar-refractivity contribution < 1.29 is 4.79 Å².